The summed E-state index contributed by atoms with van der Waals surface area (Å²) in [6.45, 7) is 6.90. The van der Waals surface area contributed by atoms with Gasteiger partial charge in [0.05, 0.1) is 0 Å². The Hall–Kier alpha value is -1.20. The normalized spacial score (nSPS) is 13.2. The summed E-state index contributed by atoms with van der Waals surface area (Å²) in [4.78, 5) is 0. The molecule has 0 spiro atoms. The van der Waals surface area contributed by atoms with Crippen LogP contribution in [-0.4, -0.2) is 25.5 Å². The third-order valence-corrected chi connectivity index (χ3v) is 22.7. The number of rotatable bonds is 17. The fraction of sp³-hybridized carbons (Fsp3) is 0.704. The molecule has 4 heteroatoms. The van der Waals surface area contributed by atoms with E-state index in [1.165, 1.54) is 61.8 Å². The minimum atomic E-state index is -2.32. The Labute approximate surface area is 196 Å². The maximum absolute atomic E-state index is 9.99. The third-order valence-electron chi connectivity index (χ3n) is 6.73. The Bertz CT molecular complexity index is 652. The minimum absolute atomic E-state index is 0.0178. The standard InChI is InChI=1S/C15H17N2O.3C4H9.Sn/c1-12(10-16)3-4-14(11-17)9-13-5-7-15(18-2)8-6-13;3*1-3-4-2;/h5-8,12,14H,1,3-4,9H2,2H3;3*1,3-4H2,2H3;. The number of nitriles is 2. The van der Waals surface area contributed by atoms with Crippen LogP contribution >= 0.6 is 0 Å². The number of hydrogen-bond acceptors (Lipinski definition) is 3. The van der Waals surface area contributed by atoms with Gasteiger partial charge < -0.3 is 0 Å². The third kappa shape index (κ3) is 10.8. The number of hydrogen-bond donors (Lipinski definition) is 0. The van der Waals surface area contributed by atoms with E-state index in [9.17, 15) is 10.5 Å². The van der Waals surface area contributed by atoms with E-state index < -0.39 is 18.4 Å². The van der Waals surface area contributed by atoms with Crippen molar-refractivity contribution >= 4 is 18.4 Å². The molecule has 1 rings (SSSR count). The van der Waals surface area contributed by atoms with Crippen LogP contribution in [0.4, 0.5) is 0 Å². The summed E-state index contributed by atoms with van der Waals surface area (Å²) in [5.41, 5.74) is 1.17. The Morgan fingerprint density at radius 3 is 1.71 bits per heavy atom. The second kappa shape index (κ2) is 16.4. The van der Waals surface area contributed by atoms with E-state index in [-0.39, 0.29) is 11.8 Å². The van der Waals surface area contributed by atoms with Crippen molar-refractivity contribution < 1.29 is 4.74 Å². The molecule has 0 radical (unpaired) electrons. The van der Waals surface area contributed by atoms with Crippen LogP contribution in [0.1, 0.15) is 77.7 Å². The maximum atomic E-state index is 9.99. The molecule has 0 fully saturated rings. The predicted octanol–water partition coefficient (Wildman–Crippen LogP) is 8.15. The van der Waals surface area contributed by atoms with Crippen LogP contribution in [0.5, 0.6) is 5.75 Å². The van der Waals surface area contributed by atoms with Crippen molar-refractivity contribution in [3.05, 3.63) is 29.8 Å². The molecule has 0 amide bonds. The average molecular weight is 531 g/mol. The monoisotopic (exact) mass is 532 g/mol. The van der Waals surface area contributed by atoms with Crippen molar-refractivity contribution in [2.24, 2.45) is 11.8 Å². The van der Waals surface area contributed by atoms with Crippen molar-refractivity contribution in [3.63, 3.8) is 0 Å². The number of nitrogens with zero attached hydrogens (tertiary/aromatic N) is 2. The summed E-state index contributed by atoms with van der Waals surface area (Å²) in [6, 6.07) is 13.2. The van der Waals surface area contributed by atoms with E-state index in [2.05, 4.69) is 32.9 Å². The van der Waals surface area contributed by atoms with Crippen LogP contribution in [-0.2, 0) is 6.42 Å². The molecule has 0 saturated carbocycles. The first-order valence-electron chi connectivity index (χ1n) is 12.5. The first-order valence-corrected chi connectivity index (χ1v) is 20.6. The van der Waals surface area contributed by atoms with Crippen LogP contribution in [0.25, 0.3) is 0 Å². The van der Waals surface area contributed by atoms with E-state index >= 15 is 0 Å². The number of ether oxygens (including phenoxy) is 1. The molecule has 0 aliphatic carbocycles. The van der Waals surface area contributed by atoms with E-state index in [0.717, 1.165) is 25.0 Å². The molecule has 3 nitrogen and oxygen atoms in total. The summed E-state index contributed by atoms with van der Waals surface area (Å²) in [5, 5.41) is 19.7. The number of benzene rings is 1. The van der Waals surface area contributed by atoms with Gasteiger partial charge >= 0.3 is 197 Å². The molecule has 0 aliphatic rings. The van der Waals surface area contributed by atoms with Gasteiger partial charge in [-0.15, -0.1) is 0 Å². The first-order chi connectivity index (χ1) is 15.1. The summed E-state index contributed by atoms with van der Waals surface area (Å²) >= 11 is -2.32. The summed E-state index contributed by atoms with van der Waals surface area (Å²) < 4.78 is 10.8. The predicted molar refractivity (Wildman–Crippen MR) is 134 cm³/mol. The second-order valence-corrected chi connectivity index (χ2v) is 23.3. The Kier molecular flexibility index (Phi) is 14.8. The molecule has 31 heavy (non-hydrogen) atoms. The van der Waals surface area contributed by atoms with Gasteiger partial charge in [0, 0.05) is 0 Å². The van der Waals surface area contributed by atoms with Gasteiger partial charge in [0.25, 0.3) is 0 Å². The van der Waals surface area contributed by atoms with Gasteiger partial charge in [-0.2, -0.15) is 0 Å². The molecule has 2 atom stereocenters. The van der Waals surface area contributed by atoms with Crippen molar-refractivity contribution in [3.8, 4) is 17.9 Å². The van der Waals surface area contributed by atoms with Crippen LogP contribution in [0, 0.1) is 34.5 Å². The molecule has 172 valence electrons. The van der Waals surface area contributed by atoms with E-state index in [1.807, 2.05) is 24.3 Å². The average Bonchev–Trinajstić information content (AvgIpc) is 2.81. The zero-order valence-electron chi connectivity index (χ0n) is 20.5. The van der Waals surface area contributed by atoms with Crippen molar-refractivity contribution in [2.45, 2.75) is 96.3 Å². The Balaban J connectivity index is 2.78. The molecular formula is C27H44N2OSn. The molecule has 0 heterocycles. The molecule has 0 aromatic heterocycles. The van der Waals surface area contributed by atoms with Crippen LogP contribution in [0.2, 0.25) is 17.7 Å². The molecule has 0 saturated heterocycles. The molecule has 1 aromatic carbocycles. The van der Waals surface area contributed by atoms with E-state index in [0.29, 0.717) is 0 Å². The van der Waals surface area contributed by atoms with Gasteiger partial charge in [-0.3, -0.25) is 0 Å². The van der Waals surface area contributed by atoms with Gasteiger partial charge in [0.1, 0.15) is 0 Å². The molecule has 2 unspecified atom stereocenters. The van der Waals surface area contributed by atoms with Gasteiger partial charge in [-0.1, -0.05) is 0 Å². The molecular weight excluding hydrogens is 487 g/mol. The second-order valence-electron chi connectivity index (χ2n) is 9.30. The quantitative estimate of drug-likeness (QED) is 0.191. The van der Waals surface area contributed by atoms with Gasteiger partial charge in [-0.05, 0) is 0 Å². The molecule has 0 bridgehead atoms. The molecule has 1 aromatic rings. The Morgan fingerprint density at radius 1 is 0.806 bits per heavy atom. The van der Waals surface area contributed by atoms with E-state index in [1.54, 1.807) is 7.11 Å². The van der Waals surface area contributed by atoms with Gasteiger partial charge in [-0.25, -0.2) is 0 Å². The summed E-state index contributed by atoms with van der Waals surface area (Å²) in [5.74, 6) is 0.973. The zero-order chi connectivity index (χ0) is 23.0. The number of unbranched alkanes of at least 4 members (excludes halogenated alkanes) is 3. The van der Waals surface area contributed by atoms with Gasteiger partial charge in [0.2, 0.25) is 0 Å². The molecule has 0 N–H and O–H groups in total. The fourth-order valence-corrected chi connectivity index (χ4v) is 21.9. The SMILES string of the molecule is CCC[CH2][Sn]([CH2]CCC)([CH2]CCC)[CH2]C(C#N)CCC(C#N)Cc1ccc(OC)cc1. The Morgan fingerprint density at radius 2 is 1.29 bits per heavy atom. The van der Waals surface area contributed by atoms with Crippen LogP contribution < -0.4 is 4.74 Å². The van der Waals surface area contributed by atoms with Gasteiger partial charge in [0.15, 0.2) is 0 Å². The number of methoxy groups -OCH3 is 1. The van der Waals surface area contributed by atoms with Crippen molar-refractivity contribution in [1.82, 2.24) is 0 Å². The summed E-state index contributed by atoms with van der Waals surface area (Å²) in [6.07, 6.45) is 10.3. The van der Waals surface area contributed by atoms with Crippen LogP contribution in [0.15, 0.2) is 24.3 Å². The van der Waals surface area contributed by atoms with Crippen molar-refractivity contribution in [2.75, 3.05) is 7.11 Å². The van der Waals surface area contributed by atoms with Crippen molar-refractivity contribution in [1.29, 1.82) is 10.5 Å². The first kappa shape index (κ1) is 27.8. The summed E-state index contributed by atoms with van der Waals surface area (Å²) in [7, 11) is 1.67. The molecule has 0 aliphatic heterocycles. The van der Waals surface area contributed by atoms with E-state index in [4.69, 9.17) is 4.74 Å². The fourth-order valence-electron chi connectivity index (χ4n) is 4.73. The topological polar surface area (TPSA) is 56.8 Å². The van der Waals surface area contributed by atoms with Crippen LogP contribution in [0.3, 0.4) is 0 Å². The zero-order valence-corrected chi connectivity index (χ0v) is 23.3.